The first kappa shape index (κ1) is 17.9. The van der Waals surface area contributed by atoms with Gasteiger partial charge in [-0.3, -0.25) is 14.4 Å². The Bertz CT molecular complexity index is 1060. The molecule has 3 amide bonds. The molecule has 1 saturated carbocycles. The molecule has 146 valence electrons. The maximum absolute atomic E-state index is 13.0. The molecule has 5 nitrogen and oxygen atoms in total. The van der Waals surface area contributed by atoms with Gasteiger partial charge in [0.05, 0.1) is 17.5 Å². The smallest absolute Gasteiger partial charge is 0.255 e. The van der Waals surface area contributed by atoms with Gasteiger partial charge in [0.1, 0.15) is 0 Å². The molecule has 4 atom stereocenters. The van der Waals surface area contributed by atoms with Crippen molar-refractivity contribution in [1.29, 1.82) is 0 Å². The molecule has 1 N–H and O–H groups in total. The third kappa shape index (κ3) is 2.64. The number of rotatable bonds is 3. The molecule has 0 spiro atoms. The summed E-state index contributed by atoms with van der Waals surface area (Å²) >= 11 is 0. The number of aryl methyl sites for hydroxylation is 1. The van der Waals surface area contributed by atoms with Crippen molar-refractivity contribution in [2.75, 3.05) is 10.2 Å². The summed E-state index contributed by atoms with van der Waals surface area (Å²) in [6.07, 6.45) is 5.06. The second kappa shape index (κ2) is 6.41. The van der Waals surface area contributed by atoms with Gasteiger partial charge < -0.3 is 5.32 Å². The van der Waals surface area contributed by atoms with Crippen LogP contribution in [-0.4, -0.2) is 17.7 Å². The van der Waals surface area contributed by atoms with Gasteiger partial charge >= 0.3 is 0 Å². The largest absolute Gasteiger partial charge is 0.322 e. The third-order valence-electron chi connectivity index (χ3n) is 6.69. The Kier molecular flexibility index (Phi) is 3.95. The van der Waals surface area contributed by atoms with Crippen LogP contribution < -0.4 is 10.2 Å². The number of imide groups is 1. The minimum atomic E-state index is -0.262. The highest BCUT2D eigenvalue weighted by Crippen LogP contribution is 2.53. The number of anilines is 2. The normalized spacial score (nSPS) is 26.9. The van der Waals surface area contributed by atoms with Crippen molar-refractivity contribution < 1.29 is 14.4 Å². The molecule has 5 heteroatoms. The van der Waals surface area contributed by atoms with Gasteiger partial charge in [-0.05, 0) is 67.5 Å². The molecular formula is C24H22N2O3. The highest BCUT2D eigenvalue weighted by molar-refractivity contribution is 6.23. The van der Waals surface area contributed by atoms with E-state index < -0.39 is 0 Å². The Balaban J connectivity index is 1.42. The fourth-order valence-electron chi connectivity index (χ4n) is 5.02. The zero-order valence-corrected chi connectivity index (χ0v) is 16.4. The van der Waals surface area contributed by atoms with E-state index in [4.69, 9.17) is 0 Å². The number of carbonyl (C=O) groups excluding carboxylic acids is 3. The van der Waals surface area contributed by atoms with E-state index in [2.05, 4.69) is 17.5 Å². The predicted molar refractivity (Wildman–Crippen MR) is 111 cm³/mol. The first-order valence-corrected chi connectivity index (χ1v) is 9.99. The summed E-state index contributed by atoms with van der Waals surface area (Å²) in [5.41, 5.74) is 3.76. The third-order valence-corrected chi connectivity index (χ3v) is 6.69. The number of fused-ring (bicyclic) bond motifs is 5. The molecule has 2 aliphatic carbocycles. The first-order chi connectivity index (χ1) is 14.0. The van der Waals surface area contributed by atoms with E-state index in [-0.39, 0.29) is 41.4 Å². The van der Waals surface area contributed by atoms with E-state index in [9.17, 15) is 14.4 Å². The number of nitrogens with one attached hydrogen (secondary N) is 1. The quantitative estimate of drug-likeness (QED) is 0.643. The summed E-state index contributed by atoms with van der Waals surface area (Å²) in [7, 11) is 0. The Hall–Kier alpha value is -3.21. The second-order valence-electron chi connectivity index (χ2n) is 8.26. The van der Waals surface area contributed by atoms with Gasteiger partial charge in [0.25, 0.3) is 5.91 Å². The van der Waals surface area contributed by atoms with E-state index in [0.717, 1.165) is 23.2 Å². The SMILES string of the molecule is Cc1cccc(NC(=O)c2cccc(N3C(=O)[C@@H]4[C@H](C3=O)[C@H]3C=C[C@H]4C3)c2)c1C. The molecule has 29 heavy (non-hydrogen) atoms. The standard InChI is InChI=1S/C24H22N2O3/c1-13-5-3-8-19(14(13)2)25-22(27)17-6-4-7-18(12-17)26-23(28)20-15-9-10-16(11-15)21(20)24(26)29/h3-10,12,15-16,20-21H,11H2,1-2H3,(H,25,27)/t15-,16-,20-,21+/m0/s1. The van der Waals surface area contributed by atoms with Crippen molar-refractivity contribution in [3.63, 3.8) is 0 Å². The average molecular weight is 386 g/mol. The minimum Gasteiger partial charge on any atom is -0.322 e. The maximum Gasteiger partial charge on any atom is 0.255 e. The van der Waals surface area contributed by atoms with E-state index in [1.54, 1.807) is 24.3 Å². The van der Waals surface area contributed by atoms with Crippen LogP contribution in [0.25, 0.3) is 0 Å². The zero-order chi connectivity index (χ0) is 20.3. The average Bonchev–Trinajstić information content (AvgIpc) is 3.39. The van der Waals surface area contributed by atoms with Crippen LogP contribution in [0.2, 0.25) is 0 Å². The van der Waals surface area contributed by atoms with Crippen molar-refractivity contribution in [2.24, 2.45) is 23.7 Å². The Morgan fingerprint density at radius 1 is 0.966 bits per heavy atom. The summed E-state index contributed by atoms with van der Waals surface area (Å²) < 4.78 is 0. The second-order valence-corrected chi connectivity index (χ2v) is 8.26. The molecule has 0 aromatic heterocycles. The lowest BCUT2D eigenvalue weighted by molar-refractivity contribution is -0.123. The summed E-state index contributed by atoms with van der Waals surface area (Å²) in [6.45, 7) is 3.96. The van der Waals surface area contributed by atoms with Crippen LogP contribution in [0.3, 0.4) is 0 Å². The highest BCUT2D eigenvalue weighted by atomic mass is 16.2. The van der Waals surface area contributed by atoms with Gasteiger partial charge in [0, 0.05) is 11.3 Å². The van der Waals surface area contributed by atoms with Gasteiger partial charge in [0.2, 0.25) is 11.8 Å². The molecule has 2 aromatic carbocycles. The van der Waals surface area contributed by atoms with E-state index in [0.29, 0.717) is 11.3 Å². The van der Waals surface area contributed by atoms with Gasteiger partial charge in [-0.2, -0.15) is 0 Å². The van der Waals surface area contributed by atoms with Crippen LogP contribution >= 0.6 is 0 Å². The fraction of sp³-hybridized carbons (Fsp3) is 0.292. The van der Waals surface area contributed by atoms with Crippen LogP contribution in [0.1, 0.15) is 27.9 Å². The topological polar surface area (TPSA) is 66.5 Å². The molecule has 3 aliphatic rings. The summed E-state index contributed by atoms with van der Waals surface area (Å²) in [4.78, 5) is 40.1. The number of hydrogen-bond donors (Lipinski definition) is 1. The molecule has 1 aliphatic heterocycles. The highest BCUT2D eigenvalue weighted by Gasteiger charge is 2.59. The van der Waals surface area contributed by atoms with Crippen LogP contribution in [-0.2, 0) is 9.59 Å². The maximum atomic E-state index is 13.0. The Morgan fingerprint density at radius 2 is 1.62 bits per heavy atom. The van der Waals surface area contributed by atoms with Gasteiger partial charge in [-0.1, -0.05) is 30.4 Å². The summed E-state index contributed by atoms with van der Waals surface area (Å²) in [5, 5.41) is 2.93. The number of benzene rings is 2. The zero-order valence-electron chi connectivity index (χ0n) is 16.4. The lowest BCUT2D eigenvalue weighted by Gasteiger charge is -2.18. The monoisotopic (exact) mass is 386 g/mol. The van der Waals surface area contributed by atoms with Crippen molar-refractivity contribution in [3.05, 3.63) is 71.3 Å². The number of amides is 3. The lowest BCUT2D eigenvalue weighted by atomic mass is 9.85. The van der Waals surface area contributed by atoms with E-state index >= 15 is 0 Å². The van der Waals surface area contributed by atoms with Crippen molar-refractivity contribution in [2.45, 2.75) is 20.3 Å². The van der Waals surface area contributed by atoms with Gasteiger partial charge in [-0.15, -0.1) is 0 Å². The molecule has 5 rings (SSSR count). The van der Waals surface area contributed by atoms with E-state index in [1.165, 1.54) is 4.90 Å². The number of allylic oxidation sites excluding steroid dienone is 2. The van der Waals surface area contributed by atoms with Crippen LogP contribution in [0, 0.1) is 37.5 Å². The predicted octanol–water partition coefficient (Wildman–Crippen LogP) is 3.87. The minimum absolute atomic E-state index is 0.135. The lowest BCUT2D eigenvalue weighted by Crippen LogP contribution is -2.33. The number of carbonyl (C=O) groups is 3. The van der Waals surface area contributed by atoms with Crippen molar-refractivity contribution in [3.8, 4) is 0 Å². The van der Waals surface area contributed by atoms with Gasteiger partial charge in [-0.25, -0.2) is 4.90 Å². The summed E-state index contributed by atoms with van der Waals surface area (Å²) in [6, 6.07) is 12.5. The molecular weight excluding hydrogens is 364 g/mol. The van der Waals surface area contributed by atoms with Gasteiger partial charge in [0.15, 0.2) is 0 Å². The molecule has 1 saturated heterocycles. The first-order valence-electron chi connectivity index (χ1n) is 9.99. The molecule has 0 radical (unpaired) electrons. The van der Waals surface area contributed by atoms with E-state index in [1.807, 2.05) is 32.0 Å². The Morgan fingerprint density at radius 3 is 2.31 bits per heavy atom. The number of hydrogen-bond acceptors (Lipinski definition) is 3. The van der Waals surface area contributed by atoms with Crippen molar-refractivity contribution in [1.82, 2.24) is 0 Å². The molecule has 1 heterocycles. The fourth-order valence-corrected chi connectivity index (χ4v) is 5.02. The number of nitrogens with zero attached hydrogens (tertiary/aromatic N) is 1. The van der Waals surface area contributed by atoms with Crippen LogP contribution in [0.4, 0.5) is 11.4 Å². The van der Waals surface area contributed by atoms with Crippen LogP contribution in [0.5, 0.6) is 0 Å². The molecule has 2 aromatic rings. The summed E-state index contributed by atoms with van der Waals surface area (Å²) in [5.74, 6) is -0.686. The molecule has 0 unspecified atom stereocenters. The molecule has 2 bridgehead atoms. The van der Waals surface area contributed by atoms with Crippen molar-refractivity contribution >= 4 is 29.1 Å². The Labute approximate surface area is 169 Å². The van der Waals surface area contributed by atoms with Crippen LogP contribution in [0.15, 0.2) is 54.6 Å². The molecule has 2 fully saturated rings.